The minimum atomic E-state index is 0.0641. The van der Waals surface area contributed by atoms with Crippen LogP contribution in [0.4, 0.5) is 0 Å². The molecule has 3 rings (SSSR count). The number of hydrogen-bond donors (Lipinski definition) is 0. The minimum Gasteiger partial charge on any atom is -0.493 e. The van der Waals surface area contributed by atoms with Crippen molar-refractivity contribution in [2.24, 2.45) is 0 Å². The van der Waals surface area contributed by atoms with Gasteiger partial charge in [-0.2, -0.15) is 0 Å². The Bertz CT molecular complexity index is 569. The lowest BCUT2D eigenvalue weighted by atomic mass is 10.0. The summed E-state index contributed by atoms with van der Waals surface area (Å²) in [4.78, 5) is 17.8. The number of nitrogens with zero attached hydrogens (tertiary/aromatic N) is 2. The van der Waals surface area contributed by atoms with E-state index in [1.807, 2.05) is 36.1 Å². The first-order chi connectivity index (χ1) is 12.8. The molecule has 2 heterocycles. The Hall–Kier alpha value is -1.63. The molecule has 2 fully saturated rings. The van der Waals surface area contributed by atoms with Gasteiger partial charge in [-0.25, -0.2) is 0 Å². The normalized spacial score (nSPS) is 19.3. The van der Waals surface area contributed by atoms with Crippen LogP contribution in [0.15, 0.2) is 24.3 Å². The Kier molecular flexibility index (Phi) is 7.29. The molecule has 2 aliphatic heterocycles. The molecule has 0 bridgehead atoms. The van der Waals surface area contributed by atoms with E-state index in [2.05, 4.69) is 4.90 Å². The highest BCUT2D eigenvalue weighted by Gasteiger charge is 2.28. The van der Waals surface area contributed by atoms with Crippen molar-refractivity contribution in [1.82, 2.24) is 9.80 Å². The molecule has 0 atom stereocenters. The van der Waals surface area contributed by atoms with Gasteiger partial charge >= 0.3 is 0 Å². The maximum Gasteiger partial charge on any atom is 0.257 e. The zero-order valence-corrected chi connectivity index (χ0v) is 15.7. The van der Waals surface area contributed by atoms with Crippen LogP contribution in [0.3, 0.4) is 0 Å². The van der Waals surface area contributed by atoms with E-state index in [4.69, 9.17) is 14.2 Å². The number of amides is 1. The molecule has 6 heteroatoms. The first-order valence-corrected chi connectivity index (χ1v) is 9.70. The molecule has 2 aliphatic rings. The molecule has 26 heavy (non-hydrogen) atoms. The molecular weight excluding hydrogens is 332 g/mol. The maximum absolute atomic E-state index is 13.4. The zero-order valence-electron chi connectivity index (χ0n) is 15.7. The van der Waals surface area contributed by atoms with Crippen molar-refractivity contribution in [3.05, 3.63) is 29.8 Å². The molecule has 1 amide bonds. The summed E-state index contributed by atoms with van der Waals surface area (Å²) in [6.07, 6.45) is 1.79. The van der Waals surface area contributed by atoms with Gasteiger partial charge in [0.15, 0.2) is 0 Å². The molecular formula is C20H30N2O4. The Labute approximate surface area is 156 Å². The van der Waals surface area contributed by atoms with Crippen molar-refractivity contribution in [1.29, 1.82) is 0 Å². The monoisotopic (exact) mass is 362 g/mol. The highest BCUT2D eigenvalue weighted by molar-refractivity contribution is 5.97. The predicted octanol–water partition coefficient (Wildman–Crippen LogP) is 2.04. The SMILES string of the molecule is CCOc1ccccc1C(=O)N(CCN1CCOCC1)C1CCOCC1. The molecule has 1 aromatic rings. The quantitative estimate of drug-likeness (QED) is 0.743. The molecule has 2 saturated heterocycles. The van der Waals surface area contributed by atoms with Gasteiger partial charge in [0.25, 0.3) is 5.91 Å². The van der Waals surface area contributed by atoms with E-state index >= 15 is 0 Å². The smallest absolute Gasteiger partial charge is 0.257 e. The summed E-state index contributed by atoms with van der Waals surface area (Å²) in [6.45, 7) is 8.96. The largest absolute Gasteiger partial charge is 0.493 e. The molecule has 0 aromatic heterocycles. The molecule has 0 saturated carbocycles. The highest BCUT2D eigenvalue weighted by atomic mass is 16.5. The van der Waals surface area contributed by atoms with E-state index in [-0.39, 0.29) is 11.9 Å². The van der Waals surface area contributed by atoms with Gasteiger partial charge in [0.1, 0.15) is 5.75 Å². The highest BCUT2D eigenvalue weighted by Crippen LogP contribution is 2.23. The van der Waals surface area contributed by atoms with E-state index in [1.165, 1.54) is 0 Å². The van der Waals surface area contributed by atoms with Crippen molar-refractivity contribution in [3.63, 3.8) is 0 Å². The fraction of sp³-hybridized carbons (Fsp3) is 0.650. The molecule has 0 radical (unpaired) electrons. The maximum atomic E-state index is 13.4. The van der Waals surface area contributed by atoms with Crippen molar-refractivity contribution >= 4 is 5.91 Å². The summed E-state index contributed by atoms with van der Waals surface area (Å²) in [5, 5.41) is 0. The first-order valence-electron chi connectivity index (χ1n) is 9.70. The van der Waals surface area contributed by atoms with E-state index in [0.29, 0.717) is 17.9 Å². The third-order valence-electron chi connectivity index (χ3n) is 5.07. The average molecular weight is 362 g/mol. The Balaban J connectivity index is 1.74. The van der Waals surface area contributed by atoms with Gasteiger partial charge in [-0.05, 0) is 31.9 Å². The standard InChI is InChI=1S/C20H30N2O4/c1-2-26-19-6-4-3-5-18(19)20(23)22(17-7-13-24-14-8-17)10-9-21-11-15-25-16-12-21/h3-6,17H,2,7-16H2,1H3. The number of carbonyl (C=O) groups excluding carboxylic acids is 1. The lowest BCUT2D eigenvalue weighted by molar-refractivity contribution is 0.0140. The molecule has 0 spiro atoms. The second kappa shape index (κ2) is 9.90. The van der Waals surface area contributed by atoms with Crippen molar-refractivity contribution in [2.75, 3.05) is 59.2 Å². The van der Waals surface area contributed by atoms with Crippen LogP contribution in [-0.4, -0.2) is 81.0 Å². The third-order valence-corrected chi connectivity index (χ3v) is 5.07. The van der Waals surface area contributed by atoms with Crippen molar-refractivity contribution < 1.29 is 19.0 Å². The van der Waals surface area contributed by atoms with Crippen LogP contribution in [0.5, 0.6) is 5.75 Å². The second-order valence-corrected chi connectivity index (χ2v) is 6.73. The number of carbonyl (C=O) groups is 1. The average Bonchev–Trinajstić information content (AvgIpc) is 2.70. The number of rotatable bonds is 7. The summed E-state index contributed by atoms with van der Waals surface area (Å²) >= 11 is 0. The van der Waals surface area contributed by atoms with Crippen molar-refractivity contribution in [2.45, 2.75) is 25.8 Å². The Morgan fingerprint density at radius 3 is 2.58 bits per heavy atom. The van der Waals surface area contributed by atoms with Crippen molar-refractivity contribution in [3.8, 4) is 5.75 Å². The van der Waals surface area contributed by atoms with Crippen LogP contribution in [0, 0.1) is 0 Å². The van der Waals surface area contributed by atoms with E-state index in [1.54, 1.807) is 0 Å². The molecule has 0 aliphatic carbocycles. The van der Waals surface area contributed by atoms with Crippen LogP contribution in [0.25, 0.3) is 0 Å². The predicted molar refractivity (Wildman–Crippen MR) is 99.7 cm³/mol. The minimum absolute atomic E-state index is 0.0641. The zero-order chi connectivity index (χ0) is 18.2. The van der Waals surface area contributed by atoms with E-state index < -0.39 is 0 Å². The van der Waals surface area contributed by atoms with Crippen LogP contribution in [0.2, 0.25) is 0 Å². The van der Waals surface area contributed by atoms with Gasteiger partial charge in [-0.3, -0.25) is 9.69 Å². The lowest BCUT2D eigenvalue weighted by Crippen LogP contribution is -2.48. The van der Waals surface area contributed by atoms with Gasteiger partial charge in [-0.15, -0.1) is 0 Å². The van der Waals surface area contributed by atoms with Crippen LogP contribution in [0.1, 0.15) is 30.1 Å². The van der Waals surface area contributed by atoms with Gasteiger partial charge in [-0.1, -0.05) is 12.1 Å². The van der Waals surface area contributed by atoms with Gasteiger partial charge in [0.2, 0.25) is 0 Å². The first kappa shape index (κ1) is 19.1. The van der Waals surface area contributed by atoms with Gasteiger partial charge in [0, 0.05) is 45.4 Å². The number of hydrogen-bond acceptors (Lipinski definition) is 5. The lowest BCUT2D eigenvalue weighted by Gasteiger charge is -2.36. The molecule has 0 N–H and O–H groups in total. The van der Waals surface area contributed by atoms with Crippen LogP contribution in [-0.2, 0) is 9.47 Å². The molecule has 6 nitrogen and oxygen atoms in total. The number of ether oxygens (including phenoxy) is 3. The number of para-hydroxylation sites is 1. The van der Waals surface area contributed by atoms with E-state index in [0.717, 1.165) is 65.4 Å². The van der Waals surface area contributed by atoms with Crippen LogP contribution < -0.4 is 4.74 Å². The molecule has 144 valence electrons. The summed E-state index contributed by atoms with van der Waals surface area (Å²) in [7, 11) is 0. The fourth-order valence-corrected chi connectivity index (χ4v) is 3.60. The second-order valence-electron chi connectivity index (χ2n) is 6.73. The number of morpholine rings is 1. The molecule has 0 unspecified atom stereocenters. The Morgan fingerprint density at radius 1 is 1.15 bits per heavy atom. The molecule has 1 aromatic carbocycles. The summed E-state index contributed by atoms with van der Waals surface area (Å²) in [6, 6.07) is 7.79. The Morgan fingerprint density at radius 2 is 1.85 bits per heavy atom. The van der Waals surface area contributed by atoms with Gasteiger partial charge < -0.3 is 19.1 Å². The number of benzene rings is 1. The summed E-state index contributed by atoms with van der Waals surface area (Å²) in [5.41, 5.74) is 0.655. The van der Waals surface area contributed by atoms with E-state index in [9.17, 15) is 4.79 Å². The summed E-state index contributed by atoms with van der Waals surface area (Å²) < 4.78 is 16.6. The fourth-order valence-electron chi connectivity index (χ4n) is 3.60. The topological polar surface area (TPSA) is 51.2 Å². The summed E-state index contributed by atoms with van der Waals surface area (Å²) in [5.74, 6) is 0.734. The van der Waals surface area contributed by atoms with Gasteiger partial charge in [0.05, 0.1) is 25.4 Å². The van der Waals surface area contributed by atoms with Crippen LogP contribution >= 0.6 is 0 Å². The third kappa shape index (κ3) is 4.96.